The SMILES string of the molecule is O=C(O)C[C@H](NC(=S)NC1CCCCC1)C(=O)O. The molecular weight excluding hydrogens is 256 g/mol. The number of rotatable bonds is 5. The molecule has 6 nitrogen and oxygen atoms in total. The molecule has 0 spiro atoms. The molecule has 0 unspecified atom stereocenters. The van der Waals surface area contributed by atoms with E-state index in [-0.39, 0.29) is 11.2 Å². The van der Waals surface area contributed by atoms with Crippen LogP contribution in [0.15, 0.2) is 0 Å². The molecule has 1 atom stereocenters. The first-order chi connectivity index (χ1) is 8.49. The molecule has 7 heteroatoms. The van der Waals surface area contributed by atoms with Crippen molar-refractivity contribution in [3.8, 4) is 0 Å². The van der Waals surface area contributed by atoms with Gasteiger partial charge >= 0.3 is 11.9 Å². The van der Waals surface area contributed by atoms with Crippen LogP contribution in [0.4, 0.5) is 0 Å². The summed E-state index contributed by atoms with van der Waals surface area (Å²) in [6.45, 7) is 0. The highest BCUT2D eigenvalue weighted by Gasteiger charge is 2.22. The Morgan fingerprint density at radius 3 is 2.33 bits per heavy atom. The maximum absolute atomic E-state index is 10.8. The molecule has 0 aromatic heterocycles. The van der Waals surface area contributed by atoms with Gasteiger partial charge in [0.1, 0.15) is 6.04 Å². The summed E-state index contributed by atoms with van der Waals surface area (Å²) >= 11 is 5.00. The Morgan fingerprint density at radius 1 is 1.22 bits per heavy atom. The highest BCUT2D eigenvalue weighted by molar-refractivity contribution is 7.80. The Kier molecular flexibility index (Phi) is 5.84. The van der Waals surface area contributed by atoms with Crippen molar-refractivity contribution in [1.29, 1.82) is 0 Å². The summed E-state index contributed by atoms with van der Waals surface area (Å²) in [6, 6.07) is -0.927. The zero-order valence-corrected chi connectivity index (χ0v) is 10.8. The van der Waals surface area contributed by atoms with E-state index < -0.39 is 24.4 Å². The van der Waals surface area contributed by atoms with Crippen LogP contribution in [-0.4, -0.2) is 39.3 Å². The molecule has 0 radical (unpaired) electrons. The number of carboxylic acids is 2. The summed E-state index contributed by atoms with van der Waals surface area (Å²) in [5.74, 6) is -2.39. The molecule has 0 aromatic carbocycles. The van der Waals surface area contributed by atoms with Gasteiger partial charge in [-0.05, 0) is 25.1 Å². The predicted octanol–water partition coefficient (Wildman–Crippen LogP) is 0.711. The fourth-order valence-corrected chi connectivity index (χ4v) is 2.32. The average Bonchev–Trinajstić information content (AvgIpc) is 2.28. The second-order valence-electron chi connectivity index (χ2n) is 4.44. The van der Waals surface area contributed by atoms with E-state index in [0.29, 0.717) is 0 Å². The molecule has 0 amide bonds. The molecule has 1 aliphatic rings. The van der Waals surface area contributed by atoms with Crippen molar-refractivity contribution < 1.29 is 19.8 Å². The van der Waals surface area contributed by atoms with E-state index in [1.54, 1.807) is 0 Å². The van der Waals surface area contributed by atoms with Gasteiger partial charge in [-0.1, -0.05) is 19.3 Å². The second kappa shape index (κ2) is 7.15. The summed E-state index contributed by atoms with van der Waals surface area (Å²) < 4.78 is 0. The zero-order chi connectivity index (χ0) is 13.5. The first-order valence-electron chi connectivity index (χ1n) is 6.00. The molecule has 4 N–H and O–H groups in total. The van der Waals surface area contributed by atoms with Crippen molar-refractivity contribution in [2.75, 3.05) is 0 Å². The van der Waals surface area contributed by atoms with E-state index in [9.17, 15) is 9.59 Å². The summed E-state index contributed by atoms with van der Waals surface area (Å²) in [5.41, 5.74) is 0. The lowest BCUT2D eigenvalue weighted by Gasteiger charge is -2.25. The molecule has 0 bridgehead atoms. The number of thiocarbonyl (C=S) groups is 1. The van der Waals surface area contributed by atoms with Crippen LogP contribution in [0.3, 0.4) is 0 Å². The lowest BCUT2D eigenvalue weighted by molar-refractivity contribution is -0.145. The monoisotopic (exact) mass is 274 g/mol. The Morgan fingerprint density at radius 2 is 1.83 bits per heavy atom. The Balaban J connectivity index is 2.40. The quantitative estimate of drug-likeness (QED) is 0.548. The number of hydrogen-bond acceptors (Lipinski definition) is 3. The van der Waals surface area contributed by atoms with Crippen molar-refractivity contribution >= 4 is 29.3 Å². The van der Waals surface area contributed by atoms with E-state index in [2.05, 4.69) is 10.6 Å². The average molecular weight is 274 g/mol. The lowest BCUT2D eigenvalue weighted by Crippen LogP contribution is -2.49. The molecule has 0 heterocycles. The van der Waals surface area contributed by atoms with E-state index in [1.165, 1.54) is 6.42 Å². The van der Waals surface area contributed by atoms with Gasteiger partial charge in [-0.2, -0.15) is 0 Å². The minimum Gasteiger partial charge on any atom is -0.481 e. The first-order valence-corrected chi connectivity index (χ1v) is 6.41. The van der Waals surface area contributed by atoms with Crippen molar-refractivity contribution in [3.05, 3.63) is 0 Å². The van der Waals surface area contributed by atoms with Gasteiger partial charge in [0.15, 0.2) is 5.11 Å². The molecule has 0 saturated heterocycles. The van der Waals surface area contributed by atoms with Gasteiger partial charge in [0, 0.05) is 6.04 Å². The number of nitrogens with one attached hydrogen (secondary N) is 2. The van der Waals surface area contributed by atoms with Crippen LogP contribution in [0.25, 0.3) is 0 Å². The summed E-state index contributed by atoms with van der Waals surface area (Å²) in [4.78, 5) is 21.4. The zero-order valence-electron chi connectivity index (χ0n) is 10.0. The Hall–Kier alpha value is -1.37. The van der Waals surface area contributed by atoms with Crippen molar-refractivity contribution in [2.45, 2.75) is 50.6 Å². The molecule has 18 heavy (non-hydrogen) atoms. The summed E-state index contributed by atoms with van der Waals surface area (Å²) in [7, 11) is 0. The number of carboxylic acid groups (broad SMARTS) is 2. The number of carbonyl (C=O) groups is 2. The van der Waals surface area contributed by atoms with Gasteiger partial charge in [-0.25, -0.2) is 4.79 Å². The van der Waals surface area contributed by atoms with E-state index in [0.717, 1.165) is 25.7 Å². The topological polar surface area (TPSA) is 98.7 Å². The van der Waals surface area contributed by atoms with Crippen LogP contribution in [-0.2, 0) is 9.59 Å². The summed E-state index contributed by atoms with van der Waals surface area (Å²) in [5, 5.41) is 23.3. The van der Waals surface area contributed by atoms with E-state index in [1.807, 2.05) is 0 Å². The van der Waals surface area contributed by atoms with Gasteiger partial charge in [0.05, 0.1) is 6.42 Å². The van der Waals surface area contributed by atoms with Gasteiger partial charge < -0.3 is 20.8 Å². The van der Waals surface area contributed by atoms with Crippen molar-refractivity contribution in [1.82, 2.24) is 10.6 Å². The number of aliphatic carboxylic acids is 2. The van der Waals surface area contributed by atoms with E-state index >= 15 is 0 Å². The van der Waals surface area contributed by atoms with Crippen molar-refractivity contribution in [3.63, 3.8) is 0 Å². The van der Waals surface area contributed by atoms with Gasteiger partial charge in [-0.3, -0.25) is 4.79 Å². The van der Waals surface area contributed by atoms with Gasteiger partial charge in [-0.15, -0.1) is 0 Å². The van der Waals surface area contributed by atoms with Crippen LogP contribution >= 0.6 is 12.2 Å². The fraction of sp³-hybridized carbons (Fsp3) is 0.727. The fourth-order valence-electron chi connectivity index (χ4n) is 2.01. The normalized spacial score (nSPS) is 17.8. The Bertz CT molecular complexity index is 329. The molecule has 1 saturated carbocycles. The highest BCUT2D eigenvalue weighted by atomic mass is 32.1. The Labute approximate surface area is 111 Å². The molecule has 1 rings (SSSR count). The van der Waals surface area contributed by atoms with E-state index in [4.69, 9.17) is 22.4 Å². The second-order valence-corrected chi connectivity index (χ2v) is 4.85. The summed E-state index contributed by atoms with van der Waals surface area (Å²) in [6.07, 6.45) is 5.02. The molecule has 0 aliphatic heterocycles. The van der Waals surface area contributed by atoms with Crippen LogP contribution in [0, 0.1) is 0 Å². The maximum Gasteiger partial charge on any atom is 0.326 e. The van der Waals surface area contributed by atoms with Gasteiger partial charge in [0.2, 0.25) is 0 Å². The van der Waals surface area contributed by atoms with Gasteiger partial charge in [0.25, 0.3) is 0 Å². The van der Waals surface area contributed by atoms with Crippen LogP contribution in [0.1, 0.15) is 38.5 Å². The largest absolute Gasteiger partial charge is 0.481 e. The lowest BCUT2D eigenvalue weighted by atomic mass is 9.96. The van der Waals surface area contributed by atoms with Crippen LogP contribution in [0.5, 0.6) is 0 Å². The molecule has 102 valence electrons. The third kappa shape index (κ3) is 5.31. The minimum absolute atomic E-state index is 0.218. The predicted molar refractivity (Wildman–Crippen MR) is 69.4 cm³/mol. The van der Waals surface area contributed by atoms with Crippen molar-refractivity contribution in [2.24, 2.45) is 0 Å². The molecular formula is C11H18N2O4S. The van der Waals surface area contributed by atoms with Crippen LogP contribution in [0.2, 0.25) is 0 Å². The molecule has 1 fully saturated rings. The number of hydrogen-bond donors (Lipinski definition) is 4. The third-order valence-corrected chi connectivity index (χ3v) is 3.16. The molecule has 0 aromatic rings. The molecule has 1 aliphatic carbocycles. The third-order valence-electron chi connectivity index (χ3n) is 2.92. The maximum atomic E-state index is 10.8. The smallest absolute Gasteiger partial charge is 0.326 e. The highest BCUT2D eigenvalue weighted by Crippen LogP contribution is 2.17. The standard InChI is InChI=1S/C11H18N2O4S/c14-9(15)6-8(10(16)17)13-11(18)12-7-4-2-1-3-5-7/h7-8H,1-6H2,(H,14,15)(H,16,17)(H2,12,13,18)/t8-/m0/s1. The van der Waals surface area contributed by atoms with Crippen LogP contribution < -0.4 is 10.6 Å². The first kappa shape index (κ1) is 14.7. The minimum atomic E-state index is -1.22.